The number of anilines is 1. The maximum absolute atomic E-state index is 14.4. The Morgan fingerprint density at radius 1 is 1.13 bits per heavy atom. The number of aryl methyl sites for hydroxylation is 1. The first-order chi connectivity index (χ1) is 13.5. The Labute approximate surface area is 175 Å². The molecule has 0 atom stereocenters. The van der Waals surface area contributed by atoms with Crippen LogP contribution in [0.3, 0.4) is 0 Å². The molecule has 15 heteroatoms. The second kappa shape index (κ2) is 8.40. The van der Waals surface area contributed by atoms with E-state index in [4.69, 9.17) is 5.73 Å². The molecule has 0 spiro atoms. The van der Waals surface area contributed by atoms with Gasteiger partial charge in [-0.3, -0.25) is 0 Å². The monoisotopic (exact) mass is 531 g/mol. The Bertz CT molecular complexity index is 928. The van der Waals surface area contributed by atoms with Crippen LogP contribution in [0, 0.1) is 12.7 Å². The van der Waals surface area contributed by atoms with Gasteiger partial charge >= 0.3 is 18.3 Å². The minimum atomic E-state index is -5.87. The van der Waals surface area contributed by atoms with Crippen LogP contribution in [0.2, 0.25) is 0 Å². The van der Waals surface area contributed by atoms with E-state index in [1.54, 1.807) is 0 Å². The lowest BCUT2D eigenvalue weighted by atomic mass is 10.2. The van der Waals surface area contributed by atoms with Crippen LogP contribution in [0.15, 0.2) is 21.5 Å². The Kier molecular flexibility index (Phi) is 6.86. The van der Waals surface area contributed by atoms with Gasteiger partial charge in [0.15, 0.2) is 6.61 Å². The SMILES string of the molecule is Cc1cc(F)c(-n2nc(OCC(F)(F)C(F)(F)F)c(Br)c2N)cc1SCC(F)(F)F. The standard InChI is InChI=1S/C15H11BrF9N3OS/c1-6-2-7(17)8(3-9(6)30-5-14(20,21)22)28-11(26)10(16)12(27-28)29-4-13(18,19)15(23,24)25/h2-3H,4-5,26H2,1H3. The Morgan fingerprint density at radius 2 is 1.73 bits per heavy atom. The minimum Gasteiger partial charge on any atom is -0.469 e. The minimum absolute atomic E-state index is 0.0285. The van der Waals surface area contributed by atoms with Gasteiger partial charge < -0.3 is 10.5 Å². The van der Waals surface area contributed by atoms with Gasteiger partial charge in [-0.05, 0) is 40.5 Å². The van der Waals surface area contributed by atoms with E-state index in [0.29, 0.717) is 16.4 Å². The highest BCUT2D eigenvalue weighted by Gasteiger charge is 2.58. The van der Waals surface area contributed by atoms with Crippen LogP contribution in [-0.2, 0) is 0 Å². The van der Waals surface area contributed by atoms with Crippen molar-refractivity contribution in [1.82, 2.24) is 9.78 Å². The van der Waals surface area contributed by atoms with Crippen molar-refractivity contribution in [3.05, 3.63) is 28.0 Å². The molecule has 0 saturated carbocycles. The summed E-state index contributed by atoms with van der Waals surface area (Å²) in [6.45, 7) is -0.754. The van der Waals surface area contributed by atoms with Gasteiger partial charge in [0, 0.05) is 4.90 Å². The number of nitrogens with two attached hydrogens (primary N) is 1. The fourth-order valence-electron chi connectivity index (χ4n) is 2.03. The Balaban J connectivity index is 2.37. The number of alkyl halides is 8. The van der Waals surface area contributed by atoms with Gasteiger partial charge in [0.1, 0.15) is 21.8 Å². The molecule has 30 heavy (non-hydrogen) atoms. The highest BCUT2D eigenvalue weighted by Crippen LogP contribution is 2.39. The van der Waals surface area contributed by atoms with Crippen LogP contribution >= 0.6 is 27.7 Å². The summed E-state index contributed by atoms with van der Waals surface area (Å²) in [5.41, 5.74) is 5.39. The topological polar surface area (TPSA) is 53.1 Å². The normalized spacial score (nSPS) is 13.0. The molecule has 2 N–H and O–H groups in total. The van der Waals surface area contributed by atoms with Crippen molar-refractivity contribution in [3.8, 4) is 11.6 Å². The molecule has 1 aromatic heterocycles. The summed E-state index contributed by atoms with van der Waals surface area (Å²) < 4.78 is 119. The molecule has 0 bridgehead atoms. The van der Waals surface area contributed by atoms with Gasteiger partial charge in [-0.15, -0.1) is 16.9 Å². The number of aromatic nitrogens is 2. The molecule has 2 rings (SSSR count). The van der Waals surface area contributed by atoms with Crippen LogP contribution in [0.4, 0.5) is 45.3 Å². The average Bonchev–Trinajstić information content (AvgIpc) is 2.86. The summed E-state index contributed by atoms with van der Waals surface area (Å²) in [6.07, 6.45) is -10.4. The highest BCUT2D eigenvalue weighted by atomic mass is 79.9. The molecule has 0 unspecified atom stereocenters. The third-order valence-corrected chi connectivity index (χ3v) is 5.47. The fraction of sp³-hybridized carbons (Fsp3) is 0.400. The number of hydrogen-bond donors (Lipinski definition) is 1. The van der Waals surface area contributed by atoms with Gasteiger partial charge in [0.2, 0.25) is 5.88 Å². The molecule has 1 aromatic carbocycles. The predicted octanol–water partition coefficient (Wildman–Crippen LogP) is 5.90. The molecule has 0 aliphatic heterocycles. The van der Waals surface area contributed by atoms with Gasteiger partial charge in [-0.2, -0.15) is 35.1 Å². The first kappa shape index (κ1) is 24.5. The molecule has 0 fully saturated rings. The maximum Gasteiger partial charge on any atom is 0.456 e. The number of rotatable bonds is 6. The van der Waals surface area contributed by atoms with Crippen LogP contribution < -0.4 is 10.5 Å². The first-order valence-electron chi connectivity index (χ1n) is 7.65. The molecule has 0 radical (unpaired) electrons. The van der Waals surface area contributed by atoms with Crippen LogP contribution in [0.5, 0.6) is 5.88 Å². The zero-order valence-electron chi connectivity index (χ0n) is 14.6. The molecule has 1 heterocycles. The second-order valence-corrected chi connectivity index (χ2v) is 7.69. The summed E-state index contributed by atoms with van der Waals surface area (Å²) in [6, 6.07) is 1.90. The van der Waals surface area contributed by atoms with Crippen LogP contribution in [0.25, 0.3) is 5.69 Å². The van der Waals surface area contributed by atoms with Crippen LogP contribution in [0.1, 0.15) is 5.56 Å². The Morgan fingerprint density at radius 3 is 2.27 bits per heavy atom. The quantitative estimate of drug-likeness (QED) is 0.372. The average molecular weight is 532 g/mol. The third-order valence-electron chi connectivity index (χ3n) is 3.50. The van der Waals surface area contributed by atoms with E-state index in [1.807, 2.05) is 0 Å². The van der Waals surface area contributed by atoms with Gasteiger partial charge in [0.05, 0.1) is 5.75 Å². The molecule has 2 aromatic rings. The zero-order chi connectivity index (χ0) is 23.1. The van der Waals surface area contributed by atoms with Crippen molar-refractivity contribution in [1.29, 1.82) is 0 Å². The first-order valence-corrected chi connectivity index (χ1v) is 9.43. The van der Waals surface area contributed by atoms with Crippen molar-refractivity contribution >= 4 is 33.5 Å². The predicted molar refractivity (Wildman–Crippen MR) is 93.6 cm³/mol. The molecular weight excluding hydrogens is 521 g/mol. The van der Waals surface area contributed by atoms with Crippen molar-refractivity contribution in [2.45, 2.75) is 30.1 Å². The summed E-state index contributed by atoms with van der Waals surface area (Å²) >= 11 is 3.16. The van der Waals surface area contributed by atoms with E-state index >= 15 is 0 Å². The molecule has 0 saturated heterocycles. The van der Waals surface area contributed by atoms with Gasteiger partial charge in [-0.1, -0.05) is 0 Å². The van der Waals surface area contributed by atoms with Crippen molar-refractivity contribution in [3.63, 3.8) is 0 Å². The largest absolute Gasteiger partial charge is 0.469 e. The number of halogens is 10. The zero-order valence-corrected chi connectivity index (χ0v) is 17.0. The number of hydrogen-bond acceptors (Lipinski definition) is 4. The van der Waals surface area contributed by atoms with E-state index in [2.05, 4.69) is 25.8 Å². The van der Waals surface area contributed by atoms with Crippen LogP contribution in [-0.4, -0.2) is 40.4 Å². The van der Waals surface area contributed by atoms with Crippen molar-refractivity contribution < 1.29 is 44.3 Å². The lowest BCUT2D eigenvalue weighted by Gasteiger charge is -2.18. The summed E-state index contributed by atoms with van der Waals surface area (Å²) in [4.78, 5) is 0.0285. The lowest BCUT2D eigenvalue weighted by Crippen LogP contribution is -2.41. The molecular formula is C15H11BrF9N3OS. The van der Waals surface area contributed by atoms with E-state index in [0.717, 1.165) is 12.1 Å². The lowest BCUT2D eigenvalue weighted by molar-refractivity contribution is -0.290. The molecule has 0 aliphatic rings. The van der Waals surface area contributed by atoms with Crippen molar-refractivity contribution in [2.24, 2.45) is 0 Å². The van der Waals surface area contributed by atoms with E-state index < -0.39 is 53.8 Å². The smallest absolute Gasteiger partial charge is 0.456 e. The summed E-state index contributed by atoms with van der Waals surface area (Å²) in [7, 11) is 0. The van der Waals surface area contributed by atoms with E-state index in [1.165, 1.54) is 6.92 Å². The molecule has 4 nitrogen and oxygen atoms in total. The highest BCUT2D eigenvalue weighted by molar-refractivity contribution is 9.10. The second-order valence-electron chi connectivity index (χ2n) is 5.88. The number of benzene rings is 1. The number of ether oxygens (including phenoxy) is 1. The number of thioether (sulfide) groups is 1. The van der Waals surface area contributed by atoms with Gasteiger partial charge in [0.25, 0.3) is 0 Å². The Hall–Kier alpha value is -1.77. The molecule has 0 aliphatic carbocycles. The summed E-state index contributed by atoms with van der Waals surface area (Å²) in [5.74, 6) is -8.66. The van der Waals surface area contributed by atoms with Crippen molar-refractivity contribution in [2.75, 3.05) is 18.1 Å². The van der Waals surface area contributed by atoms with E-state index in [-0.39, 0.29) is 14.9 Å². The third kappa shape index (κ3) is 5.47. The molecule has 168 valence electrons. The van der Waals surface area contributed by atoms with E-state index in [9.17, 15) is 39.5 Å². The fourth-order valence-corrected chi connectivity index (χ4v) is 3.19. The van der Waals surface area contributed by atoms with Gasteiger partial charge in [-0.25, -0.2) is 9.07 Å². The molecule has 0 amide bonds. The number of nitrogen functional groups attached to an aromatic ring is 1. The maximum atomic E-state index is 14.4. The summed E-state index contributed by atoms with van der Waals surface area (Å²) in [5, 5.41) is 3.56. The number of nitrogens with zero attached hydrogens (tertiary/aromatic N) is 2.